The van der Waals surface area contributed by atoms with Crippen molar-refractivity contribution in [1.82, 2.24) is 4.90 Å². The number of hydrogen-bond acceptors (Lipinski definition) is 4. The van der Waals surface area contributed by atoms with Gasteiger partial charge in [0.2, 0.25) is 5.91 Å². The lowest BCUT2D eigenvalue weighted by Crippen LogP contribution is -2.49. The Morgan fingerprint density at radius 3 is 2.67 bits per heavy atom. The fourth-order valence-electron chi connectivity index (χ4n) is 1.10. The van der Waals surface area contributed by atoms with Crippen LogP contribution < -0.4 is 5.73 Å². The van der Waals surface area contributed by atoms with Crippen molar-refractivity contribution < 1.29 is 14.6 Å². The highest BCUT2D eigenvalue weighted by molar-refractivity contribution is 5.81. The molecule has 1 heterocycles. The first-order valence-corrected chi connectivity index (χ1v) is 3.98. The summed E-state index contributed by atoms with van der Waals surface area (Å²) in [5, 5.41) is 8.63. The fourth-order valence-corrected chi connectivity index (χ4v) is 1.10. The van der Waals surface area contributed by atoms with Crippen molar-refractivity contribution in [2.24, 2.45) is 5.73 Å². The van der Waals surface area contributed by atoms with Crippen LogP contribution >= 0.6 is 0 Å². The molecule has 0 spiro atoms. The molecule has 5 heteroatoms. The summed E-state index contributed by atoms with van der Waals surface area (Å²) in [5.74, 6) is -0.194. The van der Waals surface area contributed by atoms with Gasteiger partial charge in [0, 0.05) is 13.1 Å². The van der Waals surface area contributed by atoms with E-state index < -0.39 is 6.04 Å². The maximum atomic E-state index is 11.3. The van der Waals surface area contributed by atoms with Crippen LogP contribution in [0.3, 0.4) is 0 Å². The van der Waals surface area contributed by atoms with Gasteiger partial charge in [-0.25, -0.2) is 0 Å². The number of morpholine rings is 1. The number of aliphatic hydroxyl groups excluding tert-OH is 1. The second-order valence-electron chi connectivity index (χ2n) is 2.73. The molecule has 1 rings (SSSR count). The van der Waals surface area contributed by atoms with Gasteiger partial charge in [-0.1, -0.05) is 0 Å². The van der Waals surface area contributed by atoms with Gasteiger partial charge in [0.1, 0.15) is 6.04 Å². The van der Waals surface area contributed by atoms with Gasteiger partial charge >= 0.3 is 0 Å². The van der Waals surface area contributed by atoms with Crippen LogP contribution in [0.4, 0.5) is 0 Å². The first-order chi connectivity index (χ1) is 5.75. The highest BCUT2D eigenvalue weighted by atomic mass is 16.5. The number of carbonyl (C=O) groups excluding carboxylic acids is 1. The van der Waals surface area contributed by atoms with Crippen molar-refractivity contribution in [2.45, 2.75) is 6.04 Å². The van der Waals surface area contributed by atoms with E-state index in [1.54, 1.807) is 4.90 Å². The maximum absolute atomic E-state index is 11.3. The van der Waals surface area contributed by atoms with Crippen molar-refractivity contribution >= 4 is 5.91 Å². The van der Waals surface area contributed by atoms with E-state index in [1.165, 1.54) is 0 Å². The monoisotopic (exact) mass is 174 g/mol. The topological polar surface area (TPSA) is 75.8 Å². The third-order valence-electron chi connectivity index (χ3n) is 1.84. The molecular weight excluding hydrogens is 160 g/mol. The van der Waals surface area contributed by atoms with Crippen LogP contribution in [0.25, 0.3) is 0 Å². The number of hydrogen-bond donors (Lipinski definition) is 2. The first kappa shape index (κ1) is 9.44. The van der Waals surface area contributed by atoms with Gasteiger partial charge < -0.3 is 20.5 Å². The lowest BCUT2D eigenvalue weighted by atomic mass is 10.2. The molecule has 1 aliphatic heterocycles. The van der Waals surface area contributed by atoms with Gasteiger partial charge in [-0.3, -0.25) is 4.79 Å². The van der Waals surface area contributed by atoms with Crippen LogP contribution in [0, 0.1) is 0 Å². The van der Waals surface area contributed by atoms with Crippen LogP contribution in [0.15, 0.2) is 0 Å². The van der Waals surface area contributed by atoms with Crippen molar-refractivity contribution in [3.63, 3.8) is 0 Å². The highest BCUT2D eigenvalue weighted by Gasteiger charge is 2.21. The molecule has 1 saturated heterocycles. The summed E-state index contributed by atoms with van der Waals surface area (Å²) in [6.45, 7) is 1.98. The van der Waals surface area contributed by atoms with E-state index in [0.717, 1.165) is 0 Å². The molecule has 5 nitrogen and oxygen atoms in total. The molecule has 0 radical (unpaired) electrons. The number of ether oxygens (including phenoxy) is 1. The predicted octanol–water partition coefficient (Wildman–Crippen LogP) is -1.84. The van der Waals surface area contributed by atoms with E-state index in [4.69, 9.17) is 15.6 Å². The number of rotatable bonds is 2. The number of carbonyl (C=O) groups is 1. The molecule has 1 fully saturated rings. The number of amides is 1. The summed E-state index contributed by atoms with van der Waals surface area (Å²) in [5.41, 5.74) is 5.37. The van der Waals surface area contributed by atoms with E-state index in [9.17, 15) is 4.79 Å². The summed E-state index contributed by atoms with van der Waals surface area (Å²) in [4.78, 5) is 12.9. The second kappa shape index (κ2) is 4.39. The number of aliphatic hydroxyl groups is 1. The Bertz CT molecular complexity index is 157. The van der Waals surface area contributed by atoms with Crippen molar-refractivity contribution in [3.05, 3.63) is 0 Å². The Kier molecular flexibility index (Phi) is 3.46. The first-order valence-electron chi connectivity index (χ1n) is 3.98. The largest absolute Gasteiger partial charge is 0.394 e. The van der Waals surface area contributed by atoms with Crippen LogP contribution in [0.5, 0.6) is 0 Å². The predicted molar refractivity (Wildman–Crippen MR) is 42.5 cm³/mol. The molecule has 0 bridgehead atoms. The fraction of sp³-hybridized carbons (Fsp3) is 0.857. The van der Waals surface area contributed by atoms with Crippen molar-refractivity contribution in [2.75, 3.05) is 32.9 Å². The Labute approximate surface area is 71.1 Å². The zero-order chi connectivity index (χ0) is 8.97. The summed E-state index contributed by atoms with van der Waals surface area (Å²) < 4.78 is 5.07. The van der Waals surface area contributed by atoms with E-state index in [0.29, 0.717) is 26.3 Å². The molecule has 1 atom stereocenters. The summed E-state index contributed by atoms with van der Waals surface area (Å²) >= 11 is 0. The SMILES string of the molecule is N[C@@H](CO)C(=O)N1CCOCC1. The Balaban J connectivity index is 2.39. The lowest BCUT2D eigenvalue weighted by Gasteiger charge is -2.28. The quantitative estimate of drug-likeness (QED) is 0.516. The molecule has 0 unspecified atom stereocenters. The molecule has 0 saturated carbocycles. The minimum atomic E-state index is -0.775. The van der Waals surface area contributed by atoms with Gasteiger partial charge in [-0.05, 0) is 0 Å². The summed E-state index contributed by atoms with van der Waals surface area (Å²) in [7, 11) is 0. The van der Waals surface area contributed by atoms with Crippen LogP contribution in [0.2, 0.25) is 0 Å². The van der Waals surface area contributed by atoms with Crippen molar-refractivity contribution in [3.8, 4) is 0 Å². The average molecular weight is 174 g/mol. The second-order valence-corrected chi connectivity index (χ2v) is 2.73. The molecule has 1 amide bonds. The average Bonchev–Trinajstić information content (AvgIpc) is 2.17. The summed E-state index contributed by atoms with van der Waals surface area (Å²) in [6, 6.07) is -0.775. The van der Waals surface area contributed by atoms with Crippen LogP contribution in [0.1, 0.15) is 0 Å². The van der Waals surface area contributed by atoms with E-state index >= 15 is 0 Å². The molecule has 0 aromatic heterocycles. The van der Waals surface area contributed by atoms with Gasteiger partial charge in [-0.15, -0.1) is 0 Å². The molecule has 1 aliphatic rings. The van der Waals surface area contributed by atoms with Crippen molar-refractivity contribution in [1.29, 1.82) is 0 Å². The minimum Gasteiger partial charge on any atom is -0.394 e. The minimum absolute atomic E-state index is 0.194. The van der Waals surface area contributed by atoms with Gasteiger partial charge in [0.25, 0.3) is 0 Å². The standard InChI is InChI=1S/C7H14N2O3/c8-6(5-10)7(11)9-1-3-12-4-2-9/h6,10H,1-5,8H2/t6-/m0/s1. The zero-order valence-electron chi connectivity index (χ0n) is 6.90. The Morgan fingerprint density at radius 1 is 1.58 bits per heavy atom. The number of nitrogens with zero attached hydrogens (tertiary/aromatic N) is 1. The Hall–Kier alpha value is -0.650. The molecular formula is C7H14N2O3. The molecule has 0 aromatic rings. The van der Waals surface area contributed by atoms with Gasteiger partial charge in [-0.2, -0.15) is 0 Å². The summed E-state index contributed by atoms with van der Waals surface area (Å²) in [6.07, 6.45) is 0. The van der Waals surface area contributed by atoms with Gasteiger partial charge in [0.15, 0.2) is 0 Å². The van der Waals surface area contributed by atoms with E-state index in [1.807, 2.05) is 0 Å². The highest BCUT2D eigenvalue weighted by Crippen LogP contribution is 1.98. The Morgan fingerprint density at radius 2 is 2.17 bits per heavy atom. The third-order valence-corrected chi connectivity index (χ3v) is 1.84. The molecule has 12 heavy (non-hydrogen) atoms. The third kappa shape index (κ3) is 2.17. The van der Waals surface area contributed by atoms with Crippen LogP contribution in [-0.2, 0) is 9.53 Å². The lowest BCUT2D eigenvalue weighted by molar-refractivity contribution is -0.137. The maximum Gasteiger partial charge on any atom is 0.242 e. The number of nitrogens with two attached hydrogens (primary N) is 1. The molecule has 3 N–H and O–H groups in total. The van der Waals surface area contributed by atoms with Crippen LogP contribution in [-0.4, -0.2) is 54.9 Å². The molecule has 0 aromatic carbocycles. The zero-order valence-corrected chi connectivity index (χ0v) is 6.90. The van der Waals surface area contributed by atoms with E-state index in [2.05, 4.69) is 0 Å². The van der Waals surface area contributed by atoms with Gasteiger partial charge in [0.05, 0.1) is 19.8 Å². The molecule has 70 valence electrons. The van der Waals surface area contributed by atoms with E-state index in [-0.39, 0.29) is 12.5 Å². The normalized spacial score (nSPS) is 20.7. The molecule has 0 aliphatic carbocycles. The smallest absolute Gasteiger partial charge is 0.242 e.